The number of amides is 2. The maximum absolute atomic E-state index is 11.8. The van der Waals surface area contributed by atoms with Crippen molar-refractivity contribution < 1.29 is 9.59 Å². The summed E-state index contributed by atoms with van der Waals surface area (Å²) in [4.78, 5) is 26.0. The summed E-state index contributed by atoms with van der Waals surface area (Å²) in [5.74, 6) is 0.0728. The van der Waals surface area contributed by atoms with Crippen molar-refractivity contribution in [1.82, 2.24) is 15.8 Å². The normalized spacial score (nSPS) is 15.9. The topological polar surface area (TPSA) is 87.5 Å². The quantitative estimate of drug-likeness (QED) is 0.653. The number of nitrogens with two attached hydrogens (primary N) is 1. The second-order valence-electron chi connectivity index (χ2n) is 5.04. The number of likely N-dealkylation sites (N-methyl/N-ethyl adjacent to an activating group) is 1. The van der Waals surface area contributed by atoms with Crippen LogP contribution in [0.4, 0.5) is 0 Å². The van der Waals surface area contributed by atoms with E-state index in [9.17, 15) is 9.59 Å². The number of thiophene rings is 1. The zero-order valence-corrected chi connectivity index (χ0v) is 12.3. The maximum Gasteiger partial charge on any atom is 0.279 e. The molecule has 0 saturated heterocycles. The minimum atomic E-state index is -0.298. The van der Waals surface area contributed by atoms with Crippen LogP contribution < -0.4 is 16.6 Å². The molecule has 1 unspecified atom stereocenters. The van der Waals surface area contributed by atoms with Gasteiger partial charge in [0, 0.05) is 12.6 Å². The number of rotatable bonds is 6. The van der Waals surface area contributed by atoms with Gasteiger partial charge in [0.2, 0.25) is 0 Å². The lowest BCUT2D eigenvalue weighted by Gasteiger charge is -2.26. The summed E-state index contributed by atoms with van der Waals surface area (Å²) in [7, 11) is 1.89. The van der Waals surface area contributed by atoms with Crippen molar-refractivity contribution in [2.75, 3.05) is 20.1 Å². The van der Waals surface area contributed by atoms with Gasteiger partial charge in [0.25, 0.3) is 11.8 Å². The summed E-state index contributed by atoms with van der Waals surface area (Å²) in [5.41, 5.74) is 10.6. The van der Waals surface area contributed by atoms with E-state index in [0.717, 1.165) is 0 Å². The minimum Gasteiger partial charge on any atom is -0.329 e. The molecule has 6 nitrogen and oxygen atoms in total. The molecule has 1 aliphatic carbocycles. The number of hydrogen-bond donors (Lipinski definition) is 3. The molecule has 1 fully saturated rings. The van der Waals surface area contributed by atoms with Crippen LogP contribution in [-0.2, 0) is 4.79 Å². The number of nitrogens with zero attached hydrogens (tertiary/aromatic N) is 1. The summed E-state index contributed by atoms with van der Waals surface area (Å²) in [6.07, 6.45) is 2.37. The zero-order valence-electron chi connectivity index (χ0n) is 11.5. The molecule has 0 radical (unpaired) electrons. The van der Waals surface area contributed by atoms with Crippen LogP contribution in [0.15, 0.2) is 17.5 Å². The Hall–Kier alpha value is -1.44. The van der Waals surface area contributed by atoms with Gasteiger partial charge in [-0.05, 0) is 37.3 Å². The first-order valence-electron chi connectivity index (χ1n) is 6.64. The van der Waals surface area contributed by atoms with Crippen LogP contribution in [0.25, 0.3) is 0 Å². The second-order valence-corrected chi connectivity index (χ2v) is 5.98. The highest BCUT2D eigenvalue weighted by Crippen LogP contribution is 2.34. The lowest BCUT2D eigenvalue weighted by atomic mass is 10.1. The number of hydrogen-bond acceptors (Lipinski definition) is 5. The fourth-order valence-electron chi connectivity index (χ4n) is 2.19. The predicted octanol–water partition coefficient (Wildman–Crippen LogP) is 0.178. The summed E-state index contributed by atoms with van der Waals surface area (Å²) in [6.45, 7) is 0.777. The van der Waals surface area contributed by atoms with Crippen molar-refractivity contribution in [3.8, 4) is 0 Å². The highest BCUT2D eigenvalue weighted by Gasteiger charge is 2.33. The van der Waals surface area contributed by atoms with Gasteiger partial charge in [-0.15, -0.1) is 11.3 Å². The Labute approximate surface area is 122 Å². The first kappa shape index (κ1) is 15.0. The second kappa shape index (κ2) is 6.83. The standard InChI is InChI=1S/C13H20N4O2S/c1-17(10(7-14)9-4-5-9)8-12(18)15-16-13(19)11-3-2-6-20-11/h2-3,6,9-10H,4-5,7-8,14H2,1H3,(H,15,18)(H,16,19). The summed E-state index contributed by atoms with van der Waals surface area (Å²) >= 11 is 1.33. The van der Waals surface area contributed by atoms with E-state index >= 15 is 0 Å². The van der Waals surface area contributed by atoms with Gasteiger partial charge < -0.3 is 5.73 Å². The molecule has 1 atom stereocenters. The summed E-state index contributed by atoms with van der Waals surface area (Å²) in [6, 6.07) is 3.74. The van der Waals surface area contributed by atoms with Gasteiger partial charge in [-0.1, -0.05) is 6.07 Å². The minimum absolute atomic E-state index is 0.225. The highest BCUT2D eigenvalue weighted by atomic mass is 32.1. The van der Waals surface area contributed by atoms with Crippen LogP contribution >= 0.6 is 11.3 Å². The molecule has 110 valence electrons. The molecule has 1 heterocycles. The van der Waals surface area contributed by atoms with Gasteiger partial charge >= 0.3 is 0 Å². The Morgan fingerprint density at radius 1 is 1.50 bits per heavy atom. The zero-order chi connectivity index (χ0) is 14.5. The Morgan fingerprint density at radius 2 is 2.25 bits per heavy atom. The van der Waals surface area contributed by atoms with Gasteiger partial charge in [0.15, 0.2) is 0 Å². The van der Waals surface area contributed by atoms with E-state index in [1.54, 1.807) is 12.1 Å². The number of carbonyl (C=O) groups excluding carboxylic acids is 2. The molecule has 0 aliphatic heterocycles. The van der Waals surface area contributed by atoms with E-state index in [1.807, 2.05) is 17.3 Å². The summed E-state index contributed by atoms with van der Waals surface area (Å²) < 4.78 is 0. The third-order valence-electron chi connectivity index (χ3n) is 3.43. The lowest BCUT2D eigenvalue weighted by Crippen LogP contribution is -2.49. The molecule has 1 aromatic heterocycles. The van der Waals surface area contributed by atoms with Crippen molar-refractivity contribution in [2.24, 2.45) is 11.7 Å². The molecule has 1 aliphatic rings. The first-order chi connectivity index (χ1) is 9.61. The van der Waals surface area contributed by atoms with Crippen molar-refractivity contribution in [2.45, 2.75) is 18.9 Å². The van der Waals surface area contributed by atoms with Gasteiger partial charge in [-0.25, -0.2) is 0 Å². The third kappa shape index (κ3) is 4.03. The fraction of sp³-hybridized carbons (Fsp3) is 0.538. The highest BCUT2D eigenvalue weighted by molar-refractivity contribution is 7.12. The van der Waals surface area contributed by atoms with E-state index in [0.29, 0.717) is 17.3 Å². The third-order valence-corrected chi connectivity index (χ3v) is 4.30. The molecule has 1 saturated carbocycles. The molecule has 0 spiro atoms. The average Bonchev–Trinajstić information content (AvgIpc) is 3.09. The van der Waals surface area contributed by atoms with Crippen LogP contribution in [0.5, 0.6) is 0 Å². The Morgan fingerprint density at radius 3 is 2.80 bits per heavy atom. The van der Waals surface area contributed by atoms with E-state index < -0.39 is 0 Å². The predicted molar refractivity (Wildman–Crippen MR) is 78.1 cm³/mol. The lowest BCUT2D eigenvalue weighted by molar-refractivity contribution is -0.123. The number of nitrogens with one attached hydrogen (secondary N) is 2. The van der Waals surface area contributed by atoms with Gasteiger partial charge in [0.05, 0.1) is 11.4 Å². The van der Waals surface area contributed by atoms with Crippen molar-refractivity contribution in [1.29, 1.82) is 0 Å². The Kier molecular flexibility index (Phi) is 5.11. The molecule has 7 heteroatoms. The molecule has 20 heavy (non-hydrogen) atoms. The molecule has 0 bridgehead atoms. The number of hydrazine groups is 1. The molecule has 1 aromatic rings. The van der Waals surface area contributed by atoms with Gasteiger partial charge in [-0.2, -0.15) is 0 Å². The van der Waals surface area contributed by atoms with E-state index in [1.165, 1.54) is 24.2 Å². The largest absolute Gasteiger partial charge is 0.329 e. The van der Waals surface area contributed by atoms with Crippen LogP contribution in [0.1, 0.15) is 22.5 Å². The van der Waals surface area contributed by atoms with Crippen LogP contribution in [0.2, 0.25) is 0 Å². The first-order valence-corrected chi connectivity index (χ1v) is 7.52. The Bertz CT molecular complexity index is 459. The van der Waals surface area contributed by atoms with Crippen LogP contribution in [0.3, 0.4) is 0 Å². The molecular formula is C13H20N4O2S. The Balaban J connectivity index is 1.73. The molecule has 4 N–H and O–H groups in total. The van der Waals surface area contributed by atoms with Gasteiger partial charge in [-0.3, -0.25) is 25.3 Å². The monoisotopic (exact) mass is 296 g/mol. The van der Waals surface area contributed by atoms with Crippen molar-refractivity contribution in [3.63, 3.8) is 0 Å². The fourth-order valence-corrected chi connectivity index (χ4v) is 2.81. The number of carbonyl (C=O) groups is 2. The molecular weight excluding hydrogens is 276 g/mol. The van der Waals surface area contributed by atoms with Crippen molar-refractivity contribution in [3.05, 3.63) is 22.4 Å². The van der Waals surface area contributed by atoms with E-state index in [4.69, 9.17) is 5.73 Å². The van der Waals surface area contributed by atoms with Gasteiger partial charge in [0.1, 0.15) is 0 Å². The van der Waals surface area contributed by atoms with Crippen LogP contribution in [0, 0.1) is 5.92 Å². The SMILES string of the molecule is CN(CC(=O)NNC(=O)c1cccs1)C(CN)C1CC1. The van der Waals surface area contributed by atoms with E-state index in [-0.39, 0.29) is 24.4 Å². The van der Waals surface area contributed by atoms with E-state index in [2.05, 4.69) is 10.9 Å². The van der Waals surface area contributed by atoms with Crippen LogP contribution in [-0.4, -0.2) is 42.9 Å². The molecule has 0 aromatic carbocycles. The average molecular weight is 296 g/mol. The summed E-state index contributed by atoms with van der Waals surface area (Å²) in [5, 5.41) is 1.81. The molecule has 2 amide bonds. The van der Waals surface area contributed by atoms with Crippen molar-refractivity contribution >= 4 is 23.2 Å². The maximum atomic E-state index is 11.8. The smallest absolute Gasteiger partial charge is 0.279 e. The molecule has 2 rings (SSSR count).